The van der Waals surface area contributed by atoms with Gasteiger partial charge >= 0.3 is 0 Å². The number of hydrogen-bond donors (Lipinski definition) is 1. The highest BCUT2D eigenvalue weighted by atomic mass is 35.5. The highest BCUT2D eigenvalue weighted by Crippen LogP contribution is 2.22. The maximum absolute atomic E-state index is 12.0. The molecule has 0 bridgehead atoms. The van der Waals surface area contributed by atoms with Crippen molar-refractivity contribution in [2.75, 3.05) is 11.9 Å². The van der Waals surface area contributed by atoms with Crippen LogP contribution in [0.5, 0.6) is 5.75 Å². The molecule has 2 aromatic rings. The number of halogens is 1. The van der Waals surface area contributed by atoms with Crippen LogP contribution >= 0.6 is 11.6 Å². The monoisotopic (exact) mass is 329 g/mol. The van der Waals surface area contributed by atoms with Gasteiger partial charge in [0.2, 0.25) is 5.91 Å². The van der Waals surface area contributed by atoms with Crippen LogP contribution in [0.1, 0.15) is 25.3 Å². The van der Waals surface area contributed by atoms with Gasteiger partial charge in [-0.25, -0.2) is 0 Å². The lowest BCUT2D eigenvalue weighted by atomic mass is 10.2. The quantitative estimate of drug-likeness (QED) is 0.562. The first kappa shape index (κ1) is 17.1. The summed E-state index contributed by atoms with van der Waals surface area (Å²) in [5, 5.41) is 3.27. The van der Waals surface area contributed by atoms with E-state index in [0.29, 0.717) is 17.3 Å². The van der Waals surface area contributed by atoms with Crippen LogP contribution in [0.15, 0.2) is 54.6 Å². The molecule has 0 radical (unpaired) electrons. The van der Waals surface area contributed by atoms with Crippen molar-refractivity contribution in [3.63, 3.8) is 0 Å². The minimum Gasteiger partial charge on any atom is -0.493 e. The van der Waals surface area contributed by atoms with E-state index >= 15 is 0 Å². The molecule has 0 unspecified atom stereocenters. The van der Waals surface area contributed by atoms with Gasteiger partial charge in [-0.05, 0) is 30.7 Å². The maximum atomic E-state index is 12.0. The smallest absolute Gasteiger partial charge is 0.248 e. The minimum atomic E-state index is -0.235. The molecule has 0 heterocycles. The van der Waals surface area contributed by atoms with Crippen molar-refractivity contribution in [3.05, 3.63) is 65.2 Å². The van der Waals surface area contributed by atoms with E-state index in [-0.39, 0.29) is 5.91 Å². The Morgan fingerprint density at radius 3 is 2.70 bits per heavy atom. The number of rotatable bonds is 7. The van der Waals surface area contributed by atoms with Gasteiger partial charge in [0.15, 0.2) is 0 Å². The third kappa shape index (κ3) is 5.46. The largest absolute Gasteiger partial charge is 0.493 e. The third-order valence-electron chi connectivity index (χ3n) is 3.22. The fraction of sp³-hybridized carbons (Fsp3) is 0.211. The van der Waals surface area contributed by atoms with E-state index in [2.05, 4.69) is 12.2 Å². The molecule has 4 heteroatoms. The summed E-state index contributed by atoms with van der Waals surface area (Å²) in [4.78, 5) is 12.0. The molecule has 0 spiro atoms. The van der Waals surface area contributed by atoms with Crippen molar-refractivity contribution in [1.29, 1.82) is 0 Å². The molecule has 0 aliphatic heterocycles. The number of amides is 1. The zero-order valence-corrected chi connectivity index (χ0v) is 13.8. The molecule has 0 aromatic heterocycles. The van der Waals surface area contributed by atoms with Crippen LogP contribution in [0.3, 0.4) is 0 Å². The lowest BCUT2D eigenvalue weighted by Crippen LogP contribution is -2.08. The molecule has 2 rings (SSSR count). The van der Waals surface area contributed by atoms with Gasteiger partial charge in [-0.1, -0.05) is 55.3 Å². The van der Waals surface area contributed by atoms with Crippen LogP contribution in [0.4, 0.5) is 5.69 Å². The van der Waals surface area contributed by atoms with Crippen LogP contribution in [0.25, 0.3) is 6.08 Å². The van der Waals surface area contributed by atoms with Crippen LogP contribution in [0.2, 0.25) is 5.02 Å². The Hall–Kier alpha value is -2.26. The molecule has 0 atom stereocenters. The van der Waals surface area contributed by atoms with E-state index in [0.717, 1.165) is 24.2 Å². The molecule has 3 nitrogen and oxygen atoms in total. The first-order valence-corrected chi connectivity index (χ1v) is 8.04. The average Bonchev–Trinajstić information content (AvgIpc) is 2.56. The average molecular weight is 330 g/mol. The molecule has 23 heavy (non-hydrogen) atoms. The molecule has 1 N–H and O–H groups in total. The van der Waals surface area contributed by atoms with E-state index in [1.165, 1.54) is 6.08 Å². The Morgan fingerprint density at radius 1 is 1.17 bits per heavy atom. The number of anilines is 1. The van der Waals surface area contributed by atoms with Gasteiger partial charge in [-0.3, -0.25) is 4.79 Å². The second kappa shape index (κ2) is 9.01. The number of benzene rings is 2. The number of unbranched alkanes of at least 4 members (excludes halogenated alkanes) is 1. The van der Waals surface area contributed by atoms with Crippen LogP contribution < -0.4 is 10.1 Å². The minimum absolute atomic E-state index is 0.235. The lowest BCUT2D eigenvalue weighted by molar-refractivity contribution is -0.111. The van der Waals surface area contributed by atoms with Crippen molar-refractivity contribution in [1.82, 2.24) is 0 Å². The zero-order valence-electron chi connectivity index (χ0n) is 13.1. The number of hydrogen-bond acceptors (Lipinski definition) is 2. The maximum Gasteiger partial charge on any atom is 0.248 e. The number of carbonyl (C=O) groups excluding carboxylic acids is 1. The van der Waals surface area contributed by atoms with Gasteiger partial charge in [0.05, 0.1) is 17.3 Å². The van der Waals surface area contributed by atoms with E-state index in [1.807, 2.05) is 36.4 Å². The summed E-state index contributed by atoms with van der Waals surface area (Å²) in [7, 11) is 0. The molecule has 120 valence electrons. The molecule has 0 aliphatic rings. The fourth-order valence-electron chi connectivity index (χ4n) is 1.98. The lowest BCUT2D eigenvalue weighted by Gasteiger charge is -2.08. The molecule has 0 fully saturated rings. The van der Waals surface area contributed by atoms with Crippen LogP contribution in [-0.2, 0) is 4.79 Å². The highest BCUT2D eigenvalue weighted by molar-refractivity contribution is 6.33. The summed E-state index contributed by atoms with van der Waals surface area (Å²) in [6.07, 6.45) is 5.31. The second-order valence-corrected chi connectivity index (χ2v) is 5.45. The normalized spacial score (nSPS) is 10.7. The van der Waals surface area contributed by atoms with Gasteiger partial charge in [0.1, 0.15) is 5.75 Å². The number of ether oxygens (including phenoxy) is 1. The highest BCUT2D eigenvalue weighted by Gasteiger charge is 2.03. The number of nitrogens with one attached hydrogen (secondary N) is 1. The van der Waals surface area contributed by atoms with Crippen molar-refractivity contribution in [3.8, 4) is 5.75 Å². The SMILES string of the molecule is CCCCOc1ccccc1C=CC(=O)Nc1ccccc1Cl. The van der Waals surface area contributed by atoms with E-state index in [9.17, 15) is 4.79 Å². The van der Waals surface area contributed by atoms with Gasteiger partial charge in [-0.15, -0.1) is 0 Å². The Bertz CT molecular complexity index is 683. The Labute approximate surface area is 141 Å². The predicted octanol–water partition coefficient (Wildman–Crippen LogP) is 5.17. The first-order chi connectivity index (χ1) is 11.2. The van der Waals surface area contributed by atoms with Gasteiger partial charge in [0, 0.05) is 11.6 Å². The molecule has 2 aromatic carbocycles. The summed E-state index contributed by atoms with van der Waals surface area (Å²) in [5.41, 5.74) is 1.47. The van der Waals surface area contributed by atoms with Crippen LogP contribution in [0, 0.1) is 0 Å². The summed E-state index contributed by atoms with van der Waals surface area (Å²) in [5.74, 6) is 0.546. The topological polar surface area (TPSA) is 38.3 Å². The fourth-order valence-corrected chi connectivity index (χ4v) is 2.16. The predicted molar refractivity (Wildman–Crippen MR) is 96.0 cm³/mol. The first-order valence-electron chi connectivity index (χ1n) is 7.66. The standard InChI is InChI=1S/C19H20ClNO2/c1-2-3-14-23-18-11-7-4-8-15(18)12-13-19(22)21-17-10-6-5-9-16(17)20/h4-13H,2-3,14H2,1H3,(H,21,22). The van der Waals surface area contributed by atoms with Crippen molar-refractivity contribution in [2.24, 2.45) is 0 Å². The second-order valence-electron chi connectivity index (χ2n) is 5.04. The van der Waals surface area contributed by atoms with Crippen molar-refractivity contribution in [2.45, 2.75) is 19.8 Å². The Morgan fingerprint density at radius 2 is 1.91 bits per heavy atom. The Kier molecular flexibility index (Phi) is 6.70. The summed E-state index contributed by atoms with van der Waals surface area (Å²) in [6.45, 7) is 2.79. The van der Waals surface area contributed by atoms with Gasteiger partial charge in [0.25, 0.3) is 0 Å². The van der Waals surface area contributed by atoms with E-state index < -0.39 is 0 Å². The summed E-state index contributed by atoms with van der Waals surface area (Å²) >= 11 is 6.02. The van der Waals surface area contributed by atoms with Gasteiger partial charge in [-0.2, -0.15) is 0 Å². The molecule has 0 saturated carbocycles. The van der Waals surface area contributed by atoms with E-state index in [1.54, 1.807) is 18.2 Å². The molecular formula is C19H20ClNO2. The number of carbonyl (C=O) groups is 1. The zero-order chi connectivity index (χ0) is 16.5. The molecule has 0 aliphatic carbocycles. The van der Waals surface area contributed by atoms with Crippen molar-refractivity contribution < 1.29 is 9.53 Å². The van der Waals surface area contributed by atoms with Gasteiger partial charge < -0.3 is 10.1 Å². The third-order valence-corrected chi connectivity index (χ3v) is 3.55. The molecule has 0 saturated heterocycles. The summed E-state index contributed by atoms with van der Waals surface area (Å²) < 4.78 is 5.74. The number of para-hydroxylation sites is 2. The van der Waals surface area contributed by atoms with Crippen molar-refractivity contribution >= 4 is 29.3 Å². The summed E-state index contributed by atoms with van der Waals surface area (Å²) in [6, 6.07) is 14.8. The van der Waals surface area contributed by atoms with Crippen LogP contribution in [-0.4, -0.2) is 12.5 Å². The Balaban J connectivity index is 2.02. The van der Waals surface area contributed by atoms with E-state index in [4.69, 9.17) is 16.3 Å². The molecule has 1 amide bonds. The molecular weight excluding hydrogens is 310 g/mol.